The quantitative estimate of drug-likeness (QED) is 0.510. The van der Waals surface area contributed by atoms with Gasteiger partial charge in [0.1, 0.15) is 17.2 Å². The number of pyridine rings is 1. The number of benzene rings is 1. The standard InChI is InChI=1S/C21H24N6O3/c1-21(2,3)17-12-18(27-26-17)25-20(29)24-13-5-7-14(8-6-13)30-15-9-10-23-16(11-15)19(28)22-4/h5-12H,1-4H3,(H,22,28)(H3,24,25,26,27,29). The van der Waals surface area contributed by atoms with Crippen LogP contribution in [0.15, 0.2) is 48.7 Å². The Balaban J connectivity index is 1.58. The van der Waals surface area contributed by atoms with Gasteiger partial charge in [0, 0.05) is 42.2 Å². The summed E-state index contributed by atoms with van der Waals surface area (Å²) in [6.07, 6.45) is 1.50. The van der Waals surface area contributed by atoms with Crippen molar-refractivity contribution in [2.75, 3.05) is 17.7 Å². The molecule has 0 aliphatic carbocycles. The lowest BCUT2D eigenvalue weighted by Gasteiger charge is -2.14. The second-order valence-electron chi connectivity index (χ2n) is 7.58. The maximum absolute atomic E-state index is 12.2. The monoisotopic (exact) mass is 408 g/mol. The third kappa shape index (κ3) is 5.34. The number of aromatic amines is 1. The van der Waals surface area contributed by atoms with E-state index in [1.807, 2.05) is 0 Å². The van der Waals surface area contributed by atoms with Gasteiger partial charge in [-0.15, -0.1) is 0 Å². The molecule has 0 unspecified atom stereocenters. The highest BCUT2D eigenvalue weighted by atomic mass is 16.5. The number of hydrogen-bond acceptors (Lipinski definition) is 5. The van der Waals surface area contributed by atoms with Gasteiger partial charge in [-0.3, -0.25) is 20.2 Å². The third-order valence-electron chi connectivity index (χ3n) is 4.17. The van der Waals surface area contributed by atoms with Crippen molar-refractivity contribution in [2.45, 2.75) is 26.2 Å². The molecule has 0 aliphatic rings. The van der Waals surface area contributed by atoms with Crippen LogP contribution in [0.3, 0.4) is 0 Å². The molecule has 3 aromatic rings. The van der Waals surface area contributed by atoms with Crippen LogP contribution in [0.2, 0.25) is 0 Å². The number of aromatic nitrogens is 3. The van der Waals surface area contributed by atoms with Gasteiger partial charge in [-0.25, -0.2) is 4.79 Å². The van der Waals surface area contributed by atoms with Gasteiger partial charge in [0.2, 0.25) is 0 Å². The van der Waals surface area contributed by atoms with Crippen molar-refractivity contribution in [1.82, 2.24) is 20.5 Å². The number of urea groups is 1. The predicted molar refractivity (Wildman–Crippen MR) is 114 cm³/mol. The highest BCUT2D eigenvalue weighted by Gasteiger charge is 2.17. The van der Waals surface area contributed by atoms with Crippen molar-refractivity contribution < 1.29 is 14.3 Å². The Labute approximate surface area is 174 Å². The van der Waals surface area contributed by atoms with E-state index in [-0.39, 0.29) is 17.0 Å². The lowest BCUT2D eigenvalue weighted by molar-refractivity contribution is 0.0958. The minimum atomic E-state index is -0.403. The highest BCUT2D eigenvalue weighted by molar-refractivity contribution is 5.99. The predicted octanol–water partition coefficient (Wildman–Crippen LogP) is 3.90. The molecular weight excluding hydrogens is 384 g/mol. The number of ether oxygens (including phenoxy) is 1. The molecule has 0 atom stereocenters. The molecule has 0 bridgehead atoms. The summed E-state index contributed by atoms with van der Waals surface area (Å²) >= 11 is 0. The van der Waals surface area contributed by atoms with Crippen LogP contribution in [0, 0.1) is 0 Å². The van der Waals surface area contributed by atoms with Crippen molar-refractivity contribution in [3.05, 3.63) is 60.0 Å². The molecule has 0 aliphatic heterocycles. The van der Waals surface area contributed by atoms with E-state index in [2.05, 4.69) is 51.9 Å². The van der Waals surface area contributed by atoms with Crippen LogP contribution in [0.4, 0.5) is 16.3 Å². The summed E-state index contributed by atoms with van der Waals surface area (Å²) in [5.74, 6) is 1.19. The summed E-state index contributed by atoms with van der Waals surface area (Å²) in [5, 5.41) is 15.0. The first-order chi connectivity index (χ1) is 14.2. The molecule has 156 valence electrons. The average Bonchev–Trinajstić information content (AvgIpc) is 3.18. The number of hydrogen-bond donors (Lipinski definition) is 4. The topological polar surface area (TPSA) is 121 Å². The minimum absolute atomic E-state index is 0.0881. The van der Waals surface area contributed by atoms with Crippen LogP contribution in [0.1, 0.15) is 37.0 Å². The second-order valence-corrected chi connectivity index (χ2v) is 7.58. The van der Waals surface area contributed by atoms with E-state index in [0.29, 0.717) is 23.0 Å². The number of nitrogens with zero attached hydrogens (tertiary/aromatic N) is 2. The van der Waals surface area contributed by atoms with Gasteiger partial charge < -0.3 is 15.4 Å². The Hall–Kier alpha value is -3.88. The fourth-order valence-electron chi connectivity index (χ4n) is 2.52. The van der Waals surface area contributed by atoms with Crippen LogP contribution < -0.4 is 20.7 Å². The zero-order valence-electron chi connectivity index (χ0n) is 17.2. The lowest BCUT2D eigenvalue weighted by atomic mass is 9.92. The van der Waals surface area contributed by atoms with Crippen LogP contribution in [0.5, 0.6) is 11.5 Å². The Morgan fingerprint density at radius 3 is 2.37 bits per heavy atom. The Morgan fingerprint density at radius 1 is 1.00 bits per heavy atom. The first kappa shape index (κ1) is 20.8. The Morgan fingerprint density at radius 2 is 1.73 bits per heavy atom. The molecule has 9 heteroatoms. The molecule has 3 rings (SSSR count). The number of amides is 3. The molecule has 30 heavy (non-hydrogen) atoms. The maximum atomic E-state index is 12.2. The van der Waals surface area contributed by atoms with Crippen molar-refractivity contribution >= 4 is 23.4 Å². The normalized spacial score (nSPS) is 10.9. The lowest BCUT2D eigenvalue weighted by Crippen LogP contribution is -2.19. The van der Waals surface area contributed by atoms with Crippen molar-refractivity contribution in [1.29, 1.82) is 0 Å². The molecule has 0 saturated carbocycles. The number of anilines is 2. The molecule has 0 spiro atoms. The average molecular weight is 408 g/mol. The van der Waals surface area contributed by atoms with Gasteiger partial charge >= 0.3 is 6.03 Å². The summed E-state index contributed by atoms with van der Waals surface area (Å²) in [7, 11) is 1.54. The maximum Gasteiger partial charge on any atom is 0.324 e. The smallest absolute Gasteiger partial charge is 0.324 e. The van der Waals surface area contributed by atoms with E-state index in [4.69, 9.17) is 4.74 Å². The number of rotatable bonds is 5. The van der Waals surface area contributed by atoms with Gasteiger partial charge in [0.05, 0.1) is 0 Å². The largest absolute Gasteiger partial charge is 0.457 e. The molecular formula is C21H24N6O3. The summed E-state index contributed by atoms with van der Waals surface area (Å²) in [5.41, 5.74) is 1.69. The summed E-state index contributed by atoms with van der Waals surface area (Å²) in [6, 6.07) is 11.4. The molecule has 3 amide bonds. The van der Waals surface area contributed by atoms with E-state index >= 15 is 0 Å². The molecule has 4 N–H and O–H groups in total. The van der Waals surface area contributed by atoms with Gasteiger partial charge in [0.25, 0.3) is 5.91 Å². The summed E-state index contributed by atoms with van der Waals surface area (Å²) in [6.45, 7) is 6.16. The number of nitrogens with one attached hydrogen (secondary N) is 4. The van der Waals surface area contributed by atoms with E-state index in [1.54, 1.807) is 42.5 Å². The SMILES string of the molecule is CNC(=O)c1cc(Oc2ccc(NC(=O)Nc3cc(C(C)(C)C)[nH]n3)cc2)ccn1. The third-order valence-corrected chi connectivity index (χ3v) is 4.17. The Kier molecular flexibility index (Phi) is 6.01. The number of carbonyl (C=O) groups is 2. The van der Waals surface area contributed by atoms with E-state index in [9.17, 15) is 9.59 Å². The number of H-pyrrole nitrogens is 1. The molecule has 0 radical (unpaired) electrons. The van der Waals surface area contributed by atoms with E-state index in [0.717, 1.165) is 5.69 Å². The van der Waals surface area contributed by atoms with Crippen LogP contribution in [0.25, 0.3) is 0 Å². The first-order valence-electron chi connectivity index (χ1n) is 9.34. The summed E-state index contributed by atoms with van der Waals surface area (Å²) < 4.78 is 5.74. The van der Waals surface area contributed by atoms with Crippen molar-refractivity contribution in [3.8, 4) is 11.5 Å². The molecule has 2 heterocycles. The zero-order chi connectivity index (χ0) is 21.7. The highest BCUT2D eigenvalue weighted by Crippen LogP contribution is 2.24. The fraction of sp³-hybridized carbons (Fsp3) is 0.238. The number of carbonyl (C=O) groups excluding carboxylic acids is 2. The van der Waals surface area contributed by atoms with Gasteiger partial charge in [0.15, 0.2) is 5.82 Å². The molecule has 0 saturated heterocycles. The molecule has 0 fully saturated rings. The zero-order valence-corrected chi connectivity index (χ0v) is 17.2. The van der Waals surface area contributed by atoms with Crippen LogP contribution in [-0.4, -0.2) is 34.2 Å². The van der Waals surface area contributed by atoms with Gasteiger partial charge in [-0.1, -0.05) is 20.8 Å². The molecule has 9 nitrogen and oxygen atoms in total. The van der Waals surface area contributed by atoms with Gasteiger partial charge in [-0.2, -0.15) is 5.10 Å². The van der Waals surface area contributed by atoms with E-state index in [1.165, 1.54) is 13.2 Å². The fourth-order valence-corrected chi connectivity index (χ4v) is 2.52. The van der Waals surface area contributed by atoms with Crippen molar-refractivity contribution in [2.24, 2.45) is 0 Å². The van der Waals surface area contributed by atoms with Crippen LogP contribution in [-0.2, 0) is 5.41 Å². The second kappa shape index (κ2) is 8.64. The minimum Gasteiger partial charge on any atom is -0.457 e. The van der Waals surface area contributed by atoms with Crippen LogP contribution >= 0.6 is 0 Å². The molecule has 1 aromatic carbocycles. The van der Waals surface area contributed by atoms with E-state index < -0.39 is 6.03 Å². The van der Waals surface area contributed by atoms with Crippen molar-refractivity contribution in [3.63, 3.8) is 0 Å². The molecule has 2 aromatic heterocycles. The Bertz CT molecular complexity index is 1040. The van der Waals surface area contributed by atoms with Gasteiger partial charge in [-0.05, 0) is 30.3 Å². The summed E-state index contributed by atoms with van der Waals surface area (Å²) in [4.78, 5) is 27.9. The first-order valence-corrected chi connectivity index (χ1v) is 9.34.